The van der Waals surface area contributed by atoms with Gasteiger partial charge in [-0.3, -0.25) is 9.69 Å². The first-order chi connectivity index (χ1) is 13.3. The molecule has 0 saturated carbocycles. The quantitative estimate of drug-likeness (QED) is 0.569. The molecule has 2 fully saturated rings. The Balaban J connectivity index is 1.89. The highest BCUT2D eigenvalue weighted by Gasteiger charge is 2.50. The zero-order chi connectivity index (χ0) is 20.3. The molecule has 3 atom stereocenters. The average Bonchev–Trinajstić information content (AvgIpc) is 2.85. The van der Waals surface area contributed by atoms with Crippen LogP contribution in [0.15, 0.2) is 42.0 Å². The van der Waals surface area contributed by atoms with E-state index in [4.69, 9.17) is 9.47 Å². The van der Waals surface area contributed by atoms with Crippen LogP contribution in [0, 0.1) is 5.92 Å². The maximum absolute atomic E-state index is 13.0. The van der Waals surface area contributed by atoms with Crippen LogP contribution in [0.1, 0.15) is 52.5 Å². The Morgan fingerprint density at radius 2 is 1.93 bits per heavy atom. The van der Waals surface area contributed by atoms with Gasteiger partial charge in [0.25, 0.3) is 0 Å². The van der Waals surface area contributed by atoms with Gasteiger partial charge in [0.05, 0.1) is 12.5 Å². The minimum Gasteiger partial charge on any atom is -0.463 e. The lowest BCUT2D eigenvalue weighted by Gasteiger charge is -2.37. The lowest BCUT2D eigenvalue weighted by atomic mass is 9.91. The third kappa shape index (κ3) is 4.82. The molecule has 152 valence electrons. The summed E-state index contributed by atoms with van der Waals surface area (Å²) in [6.45, 7) is 8.58. The average molecular weight is 386 g/mol. The zero-order valence-electron chi connectivity index (χ0n) is 17.3. The second-order valence-electron chi connectivity index (χ2n) is 8.64. The monoisotopic (exact) mass is 385 g/mol. The highest BCUT2D eigenvalue weighted by Crippen LogP contribution is 2.44. The number of fused-ring (bicyclic) bond motifs is 2. The van der Waals surface area contributed by atoms with Crippen molar-refractivity contribution in [2.24, 2.45) is 5.92 Å². The fourth-order valence-corrected chi connectivity index (χ4v) is 4.37. The van der Waals surface area contributed by atoms with E-state index in [0.717, 1.165) is 31.4 Å². The standard InChI is InChI=1S/C23H31NO4/c1-5-27-20(25)13-17-11-12-18-14-19(22(26)28-23(2,3)4)21(17)24(18)15-16-9-7-6-8-10-16/h6-10,13,18-19,21H,5,11-12,14-15H2,1-4H3/b17-13+/t18-,19+,21+/m0/s1. The van der Waals surface area contributed by atoms with Gasteiger partial charge in [-0.1, -0.05) is 30.3 Å². The van der Waals surface area contributed by atoms with Crippen molar-refractivity contribution in [3.8, 4) is 0 Å². The van der Waals surface area contributed by atoms with Gasteiger partial charge in [-0.15, -0.1) is 0 Å². The highest BCUT2D eigenvalue weighted by molar-refractivity contribution is 5.84. The molecule has 3 rings (SSSR count). The van der Waals surface area contributed by atoms with E-state index in [-0.39, 0.29) is 23.9 Å². The molecule has 0 N–H and O–H groups in total. The number of nitrogens with zero attached hydrogens (tertiary/aromatic N) is 1. The van der Waals surface area contributed by atoms with E-state index in [1.165, 1.54) is 5.56 Å². The Bertz CT molecular complexity index is 735. The van der Waals surface area contributed by atoms with Crippen LogP contribution in [0.3, 0.4) is 0 Å². The van der Waals surface area contributed by atoms with Crippen LogP contribution in [-0.4, -0.2) is 41.1 Å². The van der Waals surface area contributed by atoms with Crippen LogP contribution in [0.2, 0.25) is 0 Å². The molecular weight excluding hydrogens is 354 g/mol. The van der Waals surface area contributed by atoms with Gasteiger partial charge in [0.2, 0.25) is 0 Å². The van der Waals surface area contributed by atoms with E-state index < -0.39 is 5.60 Å². The first kappa shape index (κ1) is 20.6. The van der Waals surface area contributed by atoms with Gasteiger partial charge in [-0.05, 0) is 58.1 Å². The number of hydrogen-bond donors (Lipinski definition) is 0. The van der Waals surface area contributed by atoms with Crippen molar-refractivity contribution in [1.29, 1.82) is 0 Å². The van der Waals surface area contributed by atoms with Crippen molar-refractivity contribution < 1.29 is 19.1 Å². The first-order valence-electron chi connectivity index (χ1n) is 10.2. The Labute approximate surface area is 167 Å². The molecular formula is C23H31NO4. The van der Waals surface area contributed by atoms with Crippen LogP contribution in [0.5, 0.6) is 0 Å². The number of piperidine rings is 1. The maximum Gasteiger partial charge on any atom is 0.330 e. The van der Waals surface area contributed by atoms with Crippen molar-refractivity contribution in [3.63, 3.8) is 0 Å². The van der Waals surface area contributed by atoms with Crippen molar-refractivity contribution in [2.45, 2.75) is 71.2 Å². The predicted molar refractivity (Wildman–Crippen MR) is 107 cm³/mol. The van der Waals surface area contributed by atoms with E-state index >= 15 is 0 Å². The lowest BCUT2D eigenvalue weighted by Crippen LogP contribution is -2.44. The van der Waals surface area contributed by atoms with Crippen LogP contribution < -0.4 is 0 Å². The van der Waals surface area contributed by atoms with Gasteiger partial charge in [0, 0.05) is 24.7 Å². The second-order valence-corrected chi connectivity index (χ2v) is 8.64. The smallest absolute Gasteiger partial charge is 0.330 e. The summed E-state index contributed by atoms with van der Waals surface area (Å²) in [5.74, 6) is -0.753. The topological polar surface area (TPSA) is 55.8 Å². The molecule has 5 nitrogen and oxygen atoms in total. The van der Waals surface area contributed by atoms with Gasteiger partial charge in [0.1, 0.15) is 5.60 Å². The summed E-state index contributed by atoms with van der Waals surface area (Å²) in [6, 6.07) is 10.5. The molecule has 5 heteroatoms. The number of carbonyl (C=O) groups excluding carboxylic acids is 2. The molecule has 0 spiro atoms. The molecule has 2 aliphatic heterocycles. The van der Waals surface area contributed by atoms with Gasteiger partial charge in [-0.25, -0.2) is 4.79 Å². The number of rotatable bonds is 5. The number of ether oxygens (including phenoxy) is 2. The minimum atomic E-state index is -0.525. The molecule has 0 amide bonds. The van der Waals surface area contributed by atoms with Gasteiger partial charge in [-0.2, -0.15) is 0 Å². The molecule has 0 radical (unpaired) electrons. The van der Waals surface area contributed by atoms with Crippen molar-refractivity contribution in [1.82, 2.24) is 4.90 Å². The van der Waals surface area contributed by atoms with Crippen LogP contribution >= 0.6 is 0 Å². The molecule has 0 unspecified atom stereocenters. The molecule has 2 heterocycles. The lowest BCUT2D eigenvalue weighted by molar-refractivity contribution is -0.160. The predicted octanol–water partition coefficient (Wildman–Crippen LogP) is 3.87. The molecule has 1 aromatic carbocycles. The summed E-state index contributed by atoms with van der Waals surface area (Å²) in [5, 5.41) is 0. The molecule has 2 aliphatic rings. The SMILES string of the molecule is CCOC(=O)/C=C1\CC[C@H]2C[C@@H](C(=O)OC(C)(C)C)[C@@H]1N2Cc1ccccc1. The molecule has 0 aromatic heterocycles. The van der Waals surface area contributed by atoms with Crippen LogP contribution in [0.25, 0.3) is 0 Å². The van der Waals surface area contributed by atoms with Crippen molar-refractivity contribution >= 4 is 11.9 Å². The van der Waals surface area contributed by atoms with E-state index in [0.29, 0.717) is 12.6 Å². The first-order valence-corrected chi connectivity index (χ1v) is 10.2. The minimum absolute atomic E-state index is 0.113. The zero-order valence-corrected chi connectivity index (χ0v) is 17.3. The third-order valence-electron chi connectivity index (χ3n) is 5.39. The van der Waals surface area contributed by atoms with E-state index in [9.17, 15) is 9.59 Å². The molecule has 1 aromatic rings. The molecule has 28 heavy (non-hydrogen) atoms. The molecule has 2 bridgehead atoms. The summed E-state index contributed by atoms with van der Waals surface area (Å²) in [6.07, 6.45) is 4.13. The van der Waals surface area contributed by atoms with E-state index in [1.54, 1.807) is 13.0 Å². The van der Waals surface area contributed by atoms with Gasteiger partial charge < -0.3 is 9.47 Å². The summed E-state index contributed by atoms with van der Waals surface area (Å²) >= 11 is 0. The Kier molecular flexibility index (Phi) is 6.23. The molecule has 2 saturated heterocycles. The van der Waals surface area contributed by atoms with Crippen LogP contribution in [0.4, 0.5) is 0 Å². The summed E-state index contributed by atoms with van der Waals surface area (Å²) in [4.78, 5) is 27.5. The summed E-state index contributed by atoms with van der Waals surface area (Å²) in [7, 11) is 0. The van der Waals surface area contributed by atoms with Crippen molar-refractivity contribution in [2.75, 3.05) is 6.61 Å². The van der Waals surface area contributed by atoms with Gasteiger partial charge in [0.15, 0.2) is 0 Å². The Morgan fingerprint density at radius 3 is 2.57 bits per heavy atom. The number of hydrogen-bond acceptors (Lipinski definition) is 5. The maximum atomic E-state index is 13.0. The largest absolute Gasteiger partial charge is 0.463 e. The van der Waals surface area contributed by atoms with Crippen molar-refractivity contribution in [3.05, 3.63) is 47.5 Å². The Morgan fingerprint density at radius 1 is 1.21 bits per heavy atom. The third-order valence-corrected chi connectivity index (χ3v) is 5.39. The number of benzene rings is 1. The van der Waals surface area contributed by atoms with E-state index in [2.05, 4.69) is 17.0 Å². The number of carbonyl (C=O) groups is 2. The van der Waals surface area contributed by atoms with E-state index in [1.807, 2.05) is 39.0 Å². The fraction of sp³-hybridized carbons (Fsp3) is 0.565. The summed E-state index contributed by atoms with van der Waals surface area (Å²) < 4.78 is 10.9. The van der Waals surface area contributed by atoms with Crippen LogP contribution in [-0.2, 0) is 25.6 Å². The second kappa shape index (κ2) is 8.48. The molecule has 0 aliphatic carbocycles. The van der Waals surface area contributed by atoms with Gasteiger partial charge >= 0.3 is 11.9 Å². The fourth-order valence-electron chi connectivity index (χ4n) is 4.37. The number of esters is 2. The normalized spacial score (nSPS) is 26.3. The highest BCUT2D eigenvalue weighted by atomic mass is 16.6. The Hall–Kier alpha value is -2.14. The summed E-state index contributed by atoms with van der Waals surface area (Å²) in [5.41, 5.74) is 1.67.